The Bertz CT molecular complexity index is 171. The van der Waals surface area contributed by atoms with Crippen molar-refractivity contribution in [2.75, 3.05) is 11.5 Å². The van der Waals surface area contributed by atoms with Gasteiger partial charge in [-0.05, 0) is 18.2 Å². The van der Waals surface area contributed by atoms with E-state index in [-0.39, 0.29) is 46.9 Å². The third kappa shape index (κ3) is 3.14. The summed E-state index contributed by atoms with van der Waals surface area (Å²) in [5.41, 5.74) is 12.2. The number of rotatable bonds is 0. The Morgan fingerprint density at radius 1 is 1.00 bits per heavy atom. The van der Waals surface area contributed by atoms with Gasteiger partial charge in [-0.25, -0.2) is 0 Å². The summed E-state index contributed by atoms with van der Waals surface area (Å²) in [5.74, 6) is 0. The Kier molecular flexibility index (Phi) is 4.36. The molecule has 0 aliphatic heterocycles. The fourth-order valence-electron chi connectivity index (χ4n) is 0.559. The van der Waals surface area contributed by atoms with Crippen LogP contribution in [0.5, 0.6) is 0 Å². The average Bonchev–Trinajstić information content (AvgIpc) is 1.64. The zero-order valence-corrected chi connectivity index (χ0v) is 6.45. The molecule has 0 saturated carbocycles. The van der Waals surface area contributed by atoms with Crippen molar-refractivity contribution in [3.05, 3.63) is 24.3 Å². The zero-order chi connectivity index (χ0) is 5.98. The SMILES string of the molecule is Nc1cccc(N)c1.[Yb]. The second kappa shape index (κ2) is 4.20. The Morgan fingerprint density at radius 3 is 1.67 bits per heavy atom. The van der Waals surface area contributed by atoms with Gasteiger partial charge >= 0.3 is 0 Å². The number of benzene rings is 1. The third-order valence-corrected chi connectivity index (χ3v) is 0.911. The van der Waals surface area contributed by atoms with E-state index < -0.39 is 0 Å². The minimum Gasteiger partial charge on any atom is -0.399 e. The molecule has 0 radical (unpaired) electrons. The quantitative estimate of drug-likeness (QED) is 0.693. The number of nitrogens with two attached hydrogens (primary N) is 2. The molecule has 2 nitrogen and oxygen atoms in total. The van der Waals surface area contributed by atoms with E-state index in [2.05, 4.69) is 0 Å². The van der Waals surface area contributed by atoms with Crippen LogP contribution in [0.1, 0.15) is 0 Å². The smallest absolute Gasteiger partial charge is 0.0334 e. The fraction of sp³-hybridized carbons (Fsp3) is 0. The maximum atomic E-state index is 5.38. The molecule has 0 saturated heterocycles. The Hall–Kier alpha value is 0.339. The van der Waals surface area contributed by atoms with Gasteiger partial charge in [-0.1, -0.05) is 6.07 Å². The van der Waals surface area contributed by atoms with Crippen LogP contribution in [-0.4, -0.2) is 0 Å². The van der Waals surface area contributed by atoms with Crippen LogP contribution in [-0.2, 0) is 0 Å². The van der Waals surface area contributed by atoms with Crippen molar-refractivity contribution in [2.45, 2.75) is 0 Å². The van der Waals surface area contributed by atoms with Crippen molar-refractivity contribution < 1.29 is 46.9 Å². The van der Waals surface area contributed by atoms with Gasteiger partial charge in [-0.3, -0.25) is 0 Å². The first kappa shape index (κ1) is 9.34. The molecule has 0 aliphatic rings. The van der Waals surface area contributed by atoms with Gasteiger partial charge in [-0.15, -0.1) is 0 Å². The summed E-state index contributed by atoms with van der Waals surface area (Å²) in [6.45, 7) is 0. The van der Waals surface area contributed by atoms with Crippen LogP contribution in [0.25, 0.3) is 0 Å². The molecule has 0 amide bonds. The molecule has 0 aromatic heterocycles. The summed E-state index contributed by atoms with van der Waals surface area (Å²) in [4.78, 5) is 0. The average molecular weight is 281 g/mol. The molecular weight excluding hydrogens is 273 g/mol. The normalized spacial score (nSPS) is 8.00. The van der Waals surface area contributed by atoms with Crippen LogP contribution >= 0.6 is 0 Å². The van der Waals surface area contributed by atoms with E-state index in [0.29, 0.717) is 11.4 Å². The molecule has 0 spiro atoms. The molecule has 0 heterocycles. The summed E-state index contributed by atoms with van der Waals surface area (Å²) in [6, 6.07) is 7.15. The summed E-state index contributed by atoms with van der Waals surface area (Å²) in [7, 11) is 0. The second-order valence-corrected chi connectivity index (χ2v) is 1.67. The van der Waals surface area contributed by atoms with E-state index in [1.54, 1.807) is 18.2 Å². The van der Waals surface area contributed by atoms with Gasteiger partial charge in [0.15, 0.2) is 0 Å². The molecule has 0 bridgehead atoms. The molecular formula is C6H8N2Yb. The van der Waals surface area contributed by atoms with Gasteiger partial charge in [-0.2, -0.15) is 0 Å². The number of nitrogen functional groups attached to an aromatic ring is 2. The monoisotopic (exact) mass is 282 g/mol. The molecule has 3 heteroatoms. The van der Waals surface area contributed by atoms with Crippen LogP contribution in [0.3, 0.4) is 0 Å². The molecule has 4 N–H and O–H groups in total. The van der Waals surface area contributed by atoms with Gasteiger partial charge in [0.25, 0.3) is 0 Å². The standard InChI is InChI=1S/C6H8N2.Yb/c7-5-2-1-3-6(8)4-5;/h1-4H,7-8H2;. The molecule has 9 heavy (non-hydrogen) atoms. The predicted octanol–water partition coefficient (Wildman–Crippen LogP) is 0.851. The molecule has 0 fully saturated rings. The van der Waals surface area contributed by atoms with Crippen molar-refractivity contribution >= 4 is 11.4 Å². The Balaban J connectivity index is 0.000000640. The largest absolute Gasteiger partial charge is 0.399 e. The van der Waals surface area contributed by atoms with Crippen molar-refractivity contribution in [1.82, 2.24) is 0 Å². The minimum atomic E-state index is 0. The van der Waals surface area contributed by atoms with Gasteiger partial charge in [0, 0.05) is 58.3 Å². The van der Waals surface area contributed by atoms with Gasteiger partial charge in [0.2, 0.25) is 0 Å². The third-order valence-electron chi connectivity index (χ3n) is 0.911. The van der Waals surface area contributed by atoms with E-state index in [1.165, 1.54) is 0 Å². The van der Waals surface area contributed by atoms with E-state index >= 15 is 0 Å². The summed E-state index contributed by atoms with van der Waals surface area (Å²) < 4.78 is 0. The van der Waals surface area contributed by atoms with Crippen LogP contribution in [0.2, 0.25) is 0 Å². The minimum absolute atomic E-state index is 0. The maximum Gasteiger partial charge on any atom is 0.0334 e. The Labute approximate surface area is 92.9 Å². The topological polar surface area (TPSA) is 52.0 Å². The predicted molar refractivity (Wildman–Crippen MR) is 35.3 cm³/mol. The number of hydrogen-bond donors (Lipinski definition) is 2. The molecule has 1 rings (SSSR count). The van der Waals surface area contributed by atoms with E-state index in [4.69, 9.17) is 11.5 Å². The van der Waals surface area contributed by atoms with Crippen molar-refractivity contribution in [3.63, 3.8) is 0 Å². The van der Waals surface area contributed by atoms with E-state index in [0.717, 1.165) is 0 Å². The zero-order valence-electron chi connectivity index (χ0n) is 4.73. The Morgan fingerprint density at radius 2 is 1.44 bits per heavy atom. The van der Waals surface area contributed by atoms with Gasteiger partial charge in [0.05, 0.1) is 0 Å². The second-order valence-electron chi connectivity index (χ2n) is 1.67. The number of hydrogen-bond acceptors (Lipinski definition) is 2. The fourth-order valence-corrected chi connectivity index (χ4v) is 0.559. The molecule has 56 valence electrons. The first-order valence-corrected chi connectivity index (χ1v) is 2.40. The van der Waals surface area contributed by atoms with E-state index in [1.807, 2.05) is 6.07 Å². The van der Waals surface area contributed by atoms with Gasteiger partial charge < -0.3 is 11.5 Å². The van der Waals surface area contributed by atoms with Gasteiger partial charge in [0.1, 0.15) is 0 Å². The van der Waals surface area contributed by atoms with Crippen LogP contribution in [0.4, 0.5) is 11.4 Å². The number of anilines is 2. The van der Waals surface area contributed by atoms with Crippen LogP contribution < -0.4 is 11.5 Å². The summed E-state index contributed by atoms with van der Waals surface area (Å²) in [5, 5.41) is 0. The summed E-state index contributed by atoms with van der Waals surface area (Å²) >= 11 is 0. The molecule has 1 aromatic carbocycles. The summed E-state index contributed by atoms with van der Waals surface area (Å²) in [6.07, 6.45) is 0. The molecule has 1 aromatic rings. The van der Waals surface area contributed by atoms with Crippen molar-refractivity contribution in [2.24, 2.45) is 0 Å². The van der Waals surface area contributed by atoms with Crippen molar-refractivity contribution in [3.8, 4) is 0 Å². The molecule has 0 unspecified atom stereocenters. The van der Waals surface area contributed by atoms with Crippen LogP contribution in [0, 0.1) is 46.9 Å². The van der Waals surface area contributed by atoms with E-state index in [9.17, 15) is 0 Å². The first-order valence-electron chi connectivity index (χ1n) is 2.40. The van der Waals surface area contributed by atoms with Crippen molar-refractivity contribution in [1.29, 1.82) is 0 Å². The first-order chi connectivity index (χ1) is 3.79. The maximum absolute atomic E-state index is 5.38. The van der Waals surface area contributed by atoms with Crippen LogP contribution in [0.15, 0.2) is 24.3 Å². The molecule has 0 atom stereocenters. The molecule has 0 aliphatic carbocycles.